The molecule has 1 unspecified atom stereocenters. The van der Waals surface area contributed by atoms with E-state index in [0.29, 0.717) is 55.5 Å². The Hall–Kier alpha value is -4.09. The third kappa shape index (κ3) is 12.0. The topological polar surface area (TPSA) is 162 Å². The van der Waals surface area contributed by atoms with Crippen LogP contribution in [0.5, 0.6) is 0 Å². The molecule has 0 spiro atoms. The van der Waals surface area contributed by atoms with Crippen LogP contribution in [0.3, 0.4) is 0 Å². The summed E-state index contributed by atoms with van der Waals surface area (Å²) in [5.41, 5.74) is -0.251. The van der Waals surface area contributed by atoms with Gasteiger partial charge in [0.25, 0.3) is 0 Å². The summed E-state index contributed by atoms with van der Waals surface area (Å²) in [5, 5.41) is 9.02. The van der Waals surface area contributed by atoms with Gasteiger partial charge < -0.3 is 25.8 Å². The van der Waals surface area contributed by atoms with Crippen LogP contribution in [0, 0.1) is 29.1 Å². The van der Waals surface area contributed by atoms with E-state index in [2.05, 4.69) is 29.8 Å². The van der Waals surface area contributed by atoms with Gasteiger partial charge in [-0.25, -0.2) is 4.79 Å². The first-order valence-electron chi connectivity index (χ1n) is 21.5. The highest BCUT2D eigenvalue weighted by atomic mass is 16.2. The van der Waals surface area contributed by atoms with Crippen molar-refractivity contribution in [3.8, 4) is 0 Å². The fraction of sp³-hybridized carbons (Fsp3) is 0.711. The predicted octanol–water partition coefficient (Wildman–Crippen LogP) is 6.32. The smallest absolute Gasteiger partial charge is 0.315 e. The van der Waals surface area contributed by atoms with Crippen molar-refractivity contribution >= 4 is 41.1 Å². The Morgan fingerprint density at radius 3 is 1.96 bits per heavy atom. The molecular formula is C45H69N5O7. The maximum absolute atomic E-state index is 14.2. The second-order valence-corrected chi connectivity index (χ2v) is 18.6. The number of hydrogen-bond donors (Lipinski definition) is 3. The third-order valence-corrected chi connectivity index (χ3v) is 12.1. The summed E-state index contributed by atoms with van der Waals surface area (Å²) in [6.45, 7) is 12.2. The fourth-order valence-electron chi connectivity index (χ4n) is 9.91. The van der Waals surface area contributed by atoms with E-state index in [1.807, 2.05) is 27.7 Å². The Balaban J connectivity index is 0.00000232. The summed E-state index contributed by atoms with van der Waals surface area (Å²) in [5.74, 6) is -1.82. The molecule has 1 aromatic rings. The number of likely N-dealkylation sites (N-methyl/N-ethyl adjacent to an activating group) is 1. The number of ketones is 3. The Labute approximate surface area is 340 Å². The number of carbonyl (C=O) groups excluding carboxylic acids is 7. The number of carbonyl (C=O) groups is 7. The molecule has 4 atom stereocenters. The monoisotopic (exact) mass is 792 g/mol. The van der Waals surface area contributed by atoms with Crippen LogP contribution in [0.15, 0.2) is 30.3 Å². The molecule has 316 valence electrons. The number of Topliss-reactive ketones (excluding diaryl/α,β-unsaturated/α-hetero) is 3. The normalized spacial score (nSPS) is 24.9. The number of benzene rings is 1. The molecule has 0 aromatic heterocycles. The number of amides is 5. The lowest BCUT2D eigenvalue weighted by Gasteiger charge is -2.56. The summed E-state index contributed by atoms with van der Waals surface area (Å²) < 4.78 is 0. The Kier molecular flexibility index (Phi) is 16.0. The van der Waals surface area contributed by atoms with Crippen molar-refractivity contribution in [3.63, 3.8) is 0 Å². The quantitative estimate of drug-likeness (QED) is 0.165. The third-order valence-electron chi connectivity index (χ3n) is 12.1. The van der Waals surface area contributed by atoms with Gasteiger partial charge >= 0.3 is 6.03 Å². The van der Waals surface area contributed by atoms with Crippen LogP contribution < -0.4 is 16.0 Å². The minimum Gasteiger partial charge on any atom is -0.347 e. The second-order valence-electron chi connectivity index (χ2n) is 18.6. The molecule has 1 aromatic carbocycles. The molecule has 4 bridgehead atoms. The van der Waals surface area contributed by atoms with Crippen molar-refractivity contribution in [3.05, 3.63) is 35.9 Å². The molecule has 57 heavy (non-hydrogen) atoms. The highest BCUT2D eigenvalue weighted by Crippen LogP contribution is 2.55. The lowest BCUT2D eigenvalue weighted by atomic mass is 9.53. The van der Waals surface area contributed by atoms with E-state index in [4.69, 9.17) is 0 Å². The van der Waals surface area contributed by atoms with Gasteiger partial charge in [0.05, 0.1) is 6.04 Å². The Morgan fingerprint density at radius 1 is 0.860 bits per heavy atom. The minimum absolute atomic E-state index is 0.188. The zero-order valence-corrected chi connectivity index (χ0v) is 35.8. The summed E-state index contributed by atoms with van der Waals surface area (Å²) in [4.78, 5) is 96.9. The SMILES string of the molecule is CCC.CCCC(CC(=O)[C@@H]1CCCN1C(=O)[C@@H](NC(=O)NC12CC3CC(CC(C3)C1)C2)C(C)(C)C)C(=O)C(=O)CCC(=O)N[C@H](C(=O)N(C)C)c1ccccc1. The summed E-state index contributed by atoms with van der Waals surface area (Å²) in [7, 11) is 3.18. The summed E-state index contributed by atoms with van der Waals surface area (Å²) >= 11 is 0. The van der Waals surface area contributed by atoms with Crippen molar-refractivity contribution in [2.24, 2.45) is 29.1 Å². The fourth-order valence-corrected chi connectivity index (χ4v) is 9.91. The van der Waals surface area contributed by atoms with Crippen LogP contribution in [-0.4, -0.2) is 89.2 Å². The van der Waals surface area contributed by atoms with Crippen molar-refractivity contribution in [1.29, 1.82) is 0 Å². The van der Waals surface area contributed by atoms with Gasteiger partial charge in [0, 0.05) is 51.4 Å². The standard InChI is InChI=1S/C42H61N5O7.C3H8/c1-7-12-30(36(51)32(48)16-17-34(50)43-35(38(52)46(5)6)29-13-9-8-10-14-29)22-33(49)31-15-11-18-47(31)39(53)37(41(2,3)4)44-40(54)45-42-23-26-19-27(24-42)21-28(20-26)25-42;1-3-2/h8-10,13-14,26-28,30-31,35,37H,7,11-12,15-25H2,1-6H3,(H,43,50)(H2,44,45,54);3H2,1-2H3/t26?,27?,28?,30?,31-,35-,37+,42?;/m0./s1. The molecule has 0 radical (unpaired) electrons. The maximum atomic E-state index is 14.2. The summed E-state index contributed by atoms with van der Waals surface area (Å²) in [6, 6.07) is 5.88. The predicted molar refractivity (Wildman–Crippen MR) is 220 cm³/mol. The van der Waals surface area contributed by atoms with Crippen molar-refractivity contribution < 1.29 is 33.6 Å². The lowest BCUT2D eigenvalue weighted by Crippen LogP contribution is -2.64. The van der Waals surface area contributed by atoms with E-state index in [1.165, 1.54) is 30.6 Å². The van der Waals surface area contributed by atoms with Gasteiger partial charge in [0.15, 0.2) is 11.6 Å². The van der Waals surface area contributed by atoms with E-state index in [1.54, 1.807) is 49.3 Å². The van der Waals surface area contributed by atoms with Crippen LogP contribution in [0.25, 0.3) is 0 Å². The van der Waals surface area contributed by atoms with Crippen LogP contribution in [0.1, 0.15) is 143 Å². The number of nitrogens with one attached hydrogen (secondary N) is 3. The van der Waals surface area contributed by atoms with E-state index >= 15 is 0 Å². The average molecular weight is 792 g/mol. The van der Waals surface area contributed by atoms with E-state index < -0.39 is 46.9 Å². The highest BCUT2D eigenvalue weighted by molar-refractivity contribution is 6.38. The van der Waals surface area contributed by atoms with Crippen molar-refractivity contribution in [2.75, 3.05) is 20.6 Å². The van der Waals surface area contributed by atoms with Gasteiger partial charge in [0.1, 0.15) is 12.1 Å². The first kappa shape index (κ1) is 45.6. The minimum atomic E-state index is -0.939. The van der Waals surface area contributed by atoms with Crippen molar-refractivity contribution in [1.82, 2.24) is 25.8 Å². The second kappa shape index (κ2) is 20.1. The average Bonchev–Trinajstić information content (AvgIpc) is 3.64. The molecule has 1 heterocycles. The van der Waals surface area contributed by atoms with Crippen LogP contribution in [-0.2, 0) is 28.8 Å². The van der Waals surface area contributed by atoms with Gasteiger partial charge in [-0.05, 0) is 86.5 Å². The summed E-state index contributed by atoms with van der Waals surface area (Å²) in [6.07, 6.45) is 9.07. The van der Waals surface area contributed by atoms with Gasteiger partial charge in [-0.15, -0.1) is 0 Å². The number of rotatable bonds is 16. The number of urea groups is 1. The first-order valence-corrected chi connectivity index (χ1v) is 21.5. The first-order chi connectivity index (χ1) is 26.9. The molecule has 3 N–H and O–H groups in total. The van der Waals surface area contributed by atoms with Gasteiger partial charge in [0.2, 0.25) is 23.5 Å². The van der Waals surface area contributed by atoms with Gasteiger partial charge in [-0.1, -0.05) is 84.7 Å². The molecule has 4 saturated carbocycles. The molecule has 1 saturated heterocycles. The molecule has 6 rings (SSSR count). The highest BCUT2D eigenvalue weighted by Gasteiger charge is 2.52. The molecule has 5 amide bonds. The molecule has 5 fully saturated rings. The van der Waals surface area contributed by atoms with E-state index in [0.717, 1.165) is 19.3 Å². The van der Waals surface area contributed by atoms with Gasteiger partial charge in [-0.2, -0.15) is 0 Å². The number of nitrogens with zero attached hydrogens (tertiary/aromatic N) is 2. The number of hydrogen-bond acceptors (Lipinski definition) is 7. The molecule has 1 aliphatic heterocycles. The van der Waals surface area contributed by atoms with E-state index in [9.17, 15) is 33.6 Å². The maximum Gasteiger partial charge on any atom is 0.315 e. The Morgan fingerprint density at radius 2 is 1.44 bits per heavy atom. The van der Waals surface area contributed by atoms with Crippen LogP contribution in [0.2, 0.25) is 0 Å². The zero-order valence-electron chi connectivity index (χ0n) is 35.8. The van der Waals surface area contributed by atoms with Gasteiger partial charge in [-0.3, -0.25) is 28.8 Å². The molecule has 12 heteroatoms. The zero-order chi connectivity index (χ0) is 42.1. The molecule has 12 nitrogen and oxygen atoms in total. The van der Waals surface area contributed by atoms with Crippen molar-refractivity contribution in [2.45, 2.75) is 155 Å². The lowest BCUT2D eigenvalue weighted by molar-refractivity contribution is -0.143. The number of likely N-dealkylation sites (tertiary alicyclic amines) is 1. The molecule has 5 aliphatic rings. The van der Waals surface area contributed by atoms with E-state index in [-0.39, 0.29) is 48.4 Å². The Bertz CT molecular complexity index is 1570. The molecule has 4 aliphatic carbocycles. The van der Waals surface area contributed by atoms with Crippen LogP contribution in [0.4, 0.5) is 4.79 Å². The molecular weight excluding hydrogens is 723 g/mol. The van der Waals surface area contributed by atoms with Crippen LogP contribution >= 0.6 is 0 Å². The largest absolute Gasteiger partial charge is 0.347 e.